The van der Waals surface area contributed by atoms with Gasteiger partial charge in [-0.3, -0.25) is 4.79 Å². The summed E-state index contributed by atoms with van der Waals surface area (Å²) in [6.45, 7) is 5.22. The molecule has 0 fully saturated rings. The zero-order valence-corrected chi connectivity index (χ0v) is 16.2. The van der Waals surface area contributed by atoms with Crippen LogP contribution in [0.1, 0.15) is 85.0 Å². The van der Waals surface area contributed by atoms with Crippen molar-refractivity contribution < 1.29 is 25.2 Å². The van der Waals surface area contributed by atoms with Gasteiger partial charge in [-0.25, -0.2) is 0 Å². The molecule has 0 aromatic heterocycles. The molecule has 0 amide bonds. The average molecular weight is 359 g/mol. The highest BCUT2D eigenvalue weighted by Crippen LogP contribution is 2.20. The Morgan fingerprint density at radius 3 is 2.16 bits per heavy atom. The van der Waals surface area contributed by atoms with Crippen LogP contribution in [0.3, 0.4) is 0 Å². The van der Waals surface area contributed by atoms with E-state index in [0.717, 1.165) is 19.3 Å². The lowest BCUT2D eigenvalue weighted by Crippen LogP contribution is -2.45. The van der Waals surface area contributed by atoms with Gasteiger partial charge >= 0.3 is 5.97 Å². The van der Waals surface area contributed by atoms with E-state index >= 15 is 0 Å². The first-order valence-corrected chi connectivity index (χ1v) is 9.71. The number of aliphatic hydroxyl groups excluding tert-OH is 2. The number of carbonyl (C=O) groups is 1. The number of carboxylic acids is 1. The van der Waals surface area contributed by atoms with Gasteiger partial charge in [0.2, 0.25) is 0 Å². The van der Waals surface area contributed by atoms with Crippen LogP contribution in [-0.4, -0.2) is 44.2 Å². The number of hydrogen-bond donors (Lipinski definition) is 4. The van der Waals surface area contributed by atoms with Crippen molar-refractivity contribution in [2.75, 3.05) is 0 Å². The van der Waals surface area contributed by atoms with E-state index in [2.05, 4.69) is 6.92 Å². The molecule has 0 bridgehead atoms. The van der Waals surface area contributed by atoms with Crippen LogP contribution >= 0.6 is 0 Å². The topological polar surface area (TPSA) is 98.0 Å². The molecule has 0 radical (unpaired) electrons. The minimum Gasteiger partial charge on any atom is -0.481 e. The first kappa shape index (κ1) is 24.1. The van der Waals surface area contributed by atoms with Crippen molar-refractivity contribution >= 4 is 5.97 Å². The Bertz CT molecular complexity index is 378. The molecule has 25 heavy (non-hydrogen) atoms. The fourth-order valence-electron chi connectivity index (χ4n) is 2.73. The lowest BCUT2D eigenvalue weighted by atomic mass is 9.90. The predicted octanol–water partition coefficient (Wildman–Crippen LogP) is 3.66. The number of hydrogen-bond acceptors (Lipinski definition) is 4. The molecule has 5 nitrogen and oxygen atoms in total. The third-order valence-corrected chi connectivity index (χ3v) is 4.71. The molecular formula is C20H38O5. The highest BCUT2D eigenvalue weighted by Gasteiger charge is 2.33. The summed E-state index contributed by atoms with van der Waals surface area (Å²) < 4.78 is 0. The van der Waals surface area contributed by atoms with Crippen LogP contribution in [-0.2, 0) is 4.79 Å². The summed E-state index contributed by atoms with van der Waals surface area (Å²) in [6.07, 6.45) is 10.7. The molecule has 0 aromatic carbocycles. The minimum absolute atomic E-state index is 0.135. The minimum atomic E-state index is -1.52. The molecule has 0 aliphatic rings. The van der Waals surface area contributed by atoms with Gasteiger partial charge in [0.25, 0.3) is 0 Å². The van der Waals surface area contributed by atoms with Crippen LogP contribution in [0.2, 0.25) is 0 Å². The first-order chi connectivity index (χ1) is 11.7. The Balaban J connectivity index is 4.07. The number of aliphatic carboxylic acids is 1. The molecule has 4 unspecified atom stereocenters. The van der Waals surface area contributed by atoms with E-state index in [1.807, 2.05) is 6.08 Å². The summed E-state index contributed by atoms with van der Waals surface area (Å²) in [5.41, 5.74) is -1.52. The number of carboxylic acid groups (broad SMARTS) is 1. The lowest BCUT2D eigenvalue weighted by molar-refractivity contribution is -0.141. The second-order valence-electron chi connectivity index (χ2n) is 7.37. The predicted molar refractivity (Wildman–Crippen MR) is 100 cm³/mol. The zero-order valence-electron chi connectivity index (χ0n) is 16.2. The van der Waals surface area contributed by atoms with Gasteiger partial charge in [-0.1, -0.05) is 64.5 Å². The molecular weight excluding hydrogens is 320 g/mol. The second kappa shape index (κ2) is 13.3. The van der Waals surface area contributed by atoms with E-state index in [4.69, 9.17) is 5.11 Å². The largest absolute Gasteiger partial charge is 0.481 e. The van der Waals surface area contributed by atoms with Crippen molar-refractivity contribution in [1.29, 1.82) is 0 Å². The summed E-state index contributed by atoms with van der Waals surface area (Å²) in [6, 6.07) is 0. The molecule has 0 aliphatic carbocycles. The molecule has 0 saturated carbocycles. The van der Waals surface area contributed by atoms with Crippen LogP contribution in [0.15, 0.2) is 12.2 Å². The zero-order chi connectivity index (χ0) is 19.3. The number of allylic oxidation sites excluding steroid dienone is 1. The highest BCUT2D eigenvalue weighted by molar-refractivity contribution is 5.69. The van der Waals surface area contributed by atoms with Crippen LogP contribution in [0.5, 0.6) is 0 Å². The fourth-order valence-corrected chi connectivity index (χ4v) is 2.73. The smallest absolute Gasteiger partial charge is 0.306 e. The van der Waals surface area contributed by atoms with E-state index in [1.165, 1.54) is 39.0 Å². The summed E-state index contributed by atoms with van der Waals surface area (Å²) in [7, 11) is 0. The average Bonchev–Trinajstić information content (AvgIpc) is 2.56. The molecule has 148 valence electrons. The van der Waals surface area contributed by atoms with Gasteiger partial charge in [0.1, 0.15) is 11.7 Å². The molecule has 0 aromatic rings. The van der Waals surface area contributed by atoms with Gasteiger partial charge in [-0.2, -0.15) is 0 Å². The quantitative estimate of drug-likeness (QED) is 0.264. The maximum atomic E-state index is 10.8. The van der Waals surface area contributed by atoms with Crippen LogP contribution in [0.25, 0.3) is 0 Å². The van der Waals surface area contributed by atoms with E-state index < -0.39 is 29.7 Å². The standard InChI is InChI=1S/C20H38O5/c1-4-5-6-7-8-9-10-11-12-15-20(3,25)18(22)17(21)14-13-16(2)19(23)24/h12,15-18,21-22,25H,4-11,13-14H2,1-3H3,(H,23,24)/b15-12-. The molecule has 0 spiro atoms. The monoisotopic (exact) mass is 358 g/mol. The molecule has 0 aliphatic heterocycles. The second-order valence-corrected chi connectivity index (χ2v) is 7.37. The van der Waals surface area contributed by atoms with Gasteiger partial charge in [-0.15, -0.1) is 0 Å². The maximum Gasteiger partial charge on any atom is 0.306 e. The highest BCUT2D eigenvalue weighted by atomic mass is 16.4. The van der Waals surface area contributed by atoms with Crippen LogP contribution in [0, 0.1) is 5.92 Å². The maximum absolute atomic E-state index is 10.8. The molecule has 4 N–H and O–H groups in total. The summed E-state index contributed by atoms with van der Waals surface area (Å²) in [5.74, 6) is -1.51. The van der Waals surface area contributed by atoms with E-state index in [1.54, 1.807) is 13.0 Å². The lowest BCUT2D eigenvalue weighted by Gasteiger charge is -2.30. The first-order valence-electron chi connectivity index (χ1n) is 9.71. The van der Waals surface area contributed by atoms with Crippen molar-refractivity contribution in [3.8, 4) is 0 Å². The molecule has 0 heterocycles. The van der Waals surface area contributed by atoms with Gasteiger partial charge in [-0.05, 0) is 32.6 Å². The van der Waals surface area contributed by atoms with Crippen LogP contribution in [0.4, 0.5) is 0 Å². The molecule has 5 heteroatoms. The Hall–Kier alpha value is -0.910. The third-order valence-electron chi connectivity index (χ3n) is 4.71. The van der Waals surface area contributed by atoms with E-state index in [-0.39, 0.29) is 12.8 Å². The number of aliphatic hydroxyl groups is 3. The Labute approximate surface area is 152 Å². The van der Waals surface area contributed by atoms with Gasteiger partial charge in [0, 0.05) is 0 Å². The van der Waals surface area contributed by atoms with Gasteiger partial charge in [0.15, 0.2) is 0 Å². The third kappa shape index (κ3) is 11.3. The van der Waals surface area contributed by atoms with Crippen molar-refractivity contribution in [3.63, 3.8) is 0 Å². The number of rotatable bonds is 15. The van der Waals surface area contributed by atoms with E-state index in [0.29, 0.717) is 0 Å². The summed E-state index contributed by atoms with van der Waals surface area (Å²) >= 11 is 0. The molecule has 4 atom stereocenters. The van der Waals surface area contributed by atoms with Crippen LogP contribution < -0.4 is 0 Å². The van der Waals surface area contributed by atoms with Crippen molar-refractivity contribution in [2.45, 2.75) is 103 Å². The molecule has 0 rings (SSSR count). The number of unbranched alkanes of at least 4 members (excludes halogenated alkanes) is 7. The van der Waals surface area contributed by atoms with Gasteiger partial charge < -0.3 is 20.4 Å². The van der Waals surface area contributed by atoms with E-state index in [9.17, 15) is 20.1 Å². The molecule has 0 saturated heterocycles. The Kier molecular flexibility index (Phi) is 12.8. The fraction of sp³-hybridized carbons (Fsp3) is 0.850. The Morgan fingerprint density at radius 2 is 1.60 bits per heavy atom. The van der Waals surface area contributed by atoms with Crippen molar-refractivity contribution in [1.82, 2.24) is 0 Å². The van der Waals surface area contributed by atoms with Gasteiger partial charge in [0.05, 0.1) is 12.0 Å². The SMILES string of the molecule is CCCCCCCCC/C=C\C(C)(O)C(O)C(O)CCC(C)C(=O)O. The summed E-state index contributed by atoms with van der Waals surface area (Å²) in [5, 5.41) is 39.3. The normalized spacial score (nSPS) is 18.0. The van der Waals surface area contributed by atoms with Crippen molar-refractivity contribution in [3.05, 3.63) is 12.2 Å². The Morgan fingerprint density at radius 1 is 1.04 bits per heavy atom. The van der Waals surface area contributed by atoms with Crippen molar-refractivity contribution in [2.24, 2.45) is 5.92 Å². The summed E-state index contributed by atoms with van der Waals surface area (Å²) in [4.78, 5) is 10.8.